The van der Waals surface area contributed by atoms with Crippen LogP contribution in [-0.4, -0.2) is 21.0 Å². The molecular weight excluding hydrogens is 447 g/mol. The summed E-state index contributed by atoms with van der Waals surface area (Å²) >= 11 is 0. The molecule has 172 valence electrons. The first-order chi connectivity index (χ1) is 16.3. The monoisotopic (exact) mass is 465 g/mol. The smallest absolute Gasteiger partial charge is 0.352 e. The van der Waals surface area contributed by atoms with Crippen LogP contribution in [-0.2, 0) is 11.2 Å². The number of aryl methyl sites for hydroxylation is 1. The third-order valence-corrected chi connectivity index (χ3v) is 5.03. The van der Waals surface area contributed by atoms with Crippen LogP contribution in [0.1, 0.15) is 22.6 Å². The van der Waals surface area contributed by atoms with Crippen molar-refractivity contribution in [1.82, 2.24) is 9.97 Å². The Bertz CT molecular complexity index is 1370. The number of aliphatic carboxylic acids is 1. The Balaban J connectivity index is 1.82. The van der Waals surface area contributed by atoms with E-state index in [-0.39, 0.29) is 46.2 Å². The van der Waals surface area contributed by atoms with Gasteiger partial charge in [-0.1, -0.05) is 18.2 Å². The molecule has 4 aromatic rings. The van der Waals surface area contributed by atoms with E-state index in [9.17, 15) is 23.1 Å². The summed E-state index contributed by atoms with van der Waals surface area (Å²) in [5, 5.41) is 12.3. The van der Waals surface area contributed by atoms with Crippen LogP contribution < -0.4 is 5.32 Å². The van der Waals surface area contributed by atoms with Crippen molar-refractivity contribution in [2.24, 2.45) is 0 Å². The number of halogens is 3. The van der Waals surface area contributed by atoms with E-state index in [1.807, 2.05) is 0 Å². The highest BCUT2D eigenvalue weighted by atomic mass is 19.1. The summed E-state index contributed by atoms with van der Waals surface area (Å²) in [5.74, 6) is -3.23. The van der Waals surface area contributed by atoms with Gasteiger partial charge in [0, 0.05) is 23.6 Å². The number of furan rings is 1. The van der Waals surface area contributed by atoms with Crippen LogP contribution in [0.15, 0.2) is 71.1 Å². The Kier molecular flexibility index (Phi) is 6.44. The molecule has 0 atom stereocenters. The van der Waals surface area contributed by atoms with E-state index in [2.05, 4.69) is 15.3 Å². The van der Waals surface area contributed by atoms with Crippen LogP contribution in [0, 0.1) is 24.4 Å². The minimum Gasteiger partial charge on any atom is -0.477 e. The van der Waals surface area contributed by atoms with Gasteiger partial charge in [-0.25, -0.2) is 27.9 Å². The molecule has 4 rings (SSSR count). The van der Waals surface area contributed by atoms with E-state index in [1.165, 1.54) is 30.7 Å². The van der Waals surface area contributed by atoms with Gasteiger partial charge in [0.05, 0.1) is 23.8 Å². The van der Waals surface area contributed by atoms with Crippen molar-refractivity contribution in [2.75, 3.05) is 5.32 Å². The zero-order chi connectivity index (χ0) is 24.2. The third-order valence-electron chi connectivity index (χ3n) is 5.03. The summed E-state index contributed by atoms with van der Waals surface area (Å²) in [5.41, 5.74) is 0.0959. The molecule has 2 N–H and O–H groups in total. The second kappa shape index (κ2) is 9.62. The maximum absolute atomic E-state index is 14.7. The normalized spacial score (nSPS) is 11.5. The number of benzene rings is 2. The number of hydrogen-bond donors (Lipinski definition) is 2. The highest BCUT2D eigenvalue weighted by molar-refractivity contribution is 5.95. The van der Waals surface area contributed by atoms with Crippen LogP contribution in [0.3, 0.4) is 0 Å². The van der Waals surface area contributed by atoms with Crippen molar-refractivity contribution in [2.45, 2.75) is 13.3 Å². The Labute approximate surface area is 192 Å². The summed E-state index contributed by atoms with van der Waals surface area (Å²) in [6.07, 6.45) is 3.50. The zero-order valence-electron chi connectivity index (χ0n) is 17.8. The van der Waals surface area contributed by atoms with E-state index < -0.39 is 23.4 Å². The van der Waals surface area contributed by atoms with Crippen LogP contribution in [0.5, 0.6) is 0 Å². The van der Waals surface area contributed by atoms with E-state index in [0.717, 1.165) is 12.1 Å². The number of rotatable bonds is 7. The van der Waals surface area contributed by atoms with Gasteiger partial charge in [-0.05, 0) is 42.8 Å². The molecule has 0 fully saturated rings. The topological polar surface area (TPSA) is 88.2 Å². The maximum Gasteiger partial charge on any atom is 0.352 e. The standard InChI is InChI=1S/C25H18F3N3O3/c1-14-5-2-7-16(23(14)28)22-13-29-24(31-21(25(32)33)11-15-6-4-10-34-15)20(30-22)12-17-18(26)8-3-9-19(17)27/h2-11,13H,12H2,1H3,(H,29,31)(H,32,33)/b21-11-. The molecular formula is C25H18F3N3O3. The second-order valence-electron chi connectivity index (χ2n) is 7.37. The molecule has 0 aliphatic carbocycles. The lowest BCUT2D eigenvalue weighted by Gasteiger charge is -2.14. The molecule has 0 saturated carbocycles. The molecule has 0 aliphatic heterocycles. The van der Waals surface area contributed by atoms with Gasteiger partial charge < -0.3 is 14.8 Å². The van der Waals surface area contributed by atoms with Gasteiger partial charge in [-0.2, -0.15) is 0 Å². The van der Waals surface area contributed by atoms with E-state index in [0.29, 0.717) is 5.56 Å². The quantitative estimate of drug-likeness (QED) is 0.346. The lowest BCUT2D eigenvalue weighted by atomic mass is 10.1. The predicted molar refractivity (Wildman–Crippen MR) is 119 cm³/mol. The Morgan fingerprint density at radius 3 is 2.50 bits per heavy atom. The van der Waals surface area contributed by atoms with Crippen molar-refractivity contribution >= 4 is 17.9 Å². The fourth-order valence-electron chi connectivity index (χ4n) is 3.29. The third kappa shape index (κ3) is 4.83. The van der Waals surface area contributed by atoms with Crippen molar-refractivity contribution < 1.29 is 27.5 Å². The molecule has 0 aliphatic rings. The van der Waals surface area contributed by atoms with Gasteiger partial charge in [0.2, 0.25) is 0 Å². The van der Waals surface area contributed by atoms with Gasteiger partial charge in [0.15, 0.2) is 5.82 Å². The van der Waals surface area contributed by atoms with E-state index >= 15 is 0 Å². The van der Waals surface area contributed by atoms with Crippen molar-refractivity contribution in [3.8, 4) is 11.3 Å². The van der Waals surface area contributed by atoms with Crippen LogP contribution >= 0.6 is 0 Å². The summed E-state index contributed by atoms with van der Waals surface area (Å²) in [4.78, 5) is 20.4. The Morgan fingerprint density at radius 1 is 1.09 bits per heavy atom. The number of carboxylic acids is 1. The first-order valence-corrected chi connectivity index (χ1v) is 10.1. The molecule has 0 saturated heterocycles. The molecule has 6 nitrogen and oxygen atoms in total. The average Bonchev–Trinajstić information content (AvgIpc) is 3.32. The lowest BCUT2D eigenvalue weighted by Crippen LogP contribution is -2.14. The van der Waals surface area contributed by atoms with Gasteiger partial charge in [0.1, 0.15) is 28.9 Å². The molecule has 2 heterocycles. The molecule has 2 aromatic carbocycles. The van der Waals surface area contributed by atoms with Crippen LogP contribution in [0.25, 0.3) is 17.3 Å². The molecule has 0 amide bonds. The van der Waals surface area contributed by atoms with Crippen molar-refractivity contribution in [3.63, 3.8) is 0 Å². The fraction of sp³-hybridized carbons (Fsp3) is 0.0800. The first-order valence-electron chi connectivity index (χ1n) is 10.1. The molecule has 2 aromatic heterocycles. The molecule has 0 bridgehead atoms. The molecule has 9 heteroatoms. The number of nitrogens with zero attached hydrogens (tertiary/aromatic N) is 2. The van der Waals surface area contributed by atoms with Crippen LogP contribution in [0.4, 0.5) is 19.0 Å². The Hall–Kier alpha value is -4.40. The summed E-state index contributed by atoms with van der Waals surface area (Å²) in [6, 6.07) is 11.3. The minimum atomic E-state index is -1.32. The summed E-state index contributed by atoms with van der Waals surface area (Å²) in [7, 11) is 0. The highest BCUT2D eigenvalue weighted by Gasteiger charge is 2.19. The molecule has 0 radical (unpaired) electrons. The summed E-state index contributed by atoms with van der Waals surface area (Å²) < 4.78 is 48.6. The largest absolute Gasteiger partial charge is 0.477 e. The number of carbonyl (C=O) groups is 1. The van der Waals surface area contributed by atoms with Gasteiger partial charge >= 0.3 is 5.97 Å². The van der Waals surface area contributed by atoms with Crippen molar-refractivity contribution in [1.29, 1.82) is 0 Å². The highest BCUT2D eigenvalue weighted by Crippen LogP contribution is 2.27. The second-order valence-corrected chi connectivity index (χ2v) is 7.37. The van der Waals surface area contributed by atoms with Gasteiger partial charge in [-0.15, -0.1) is 0 Å². The maximum atomic E-state index is 14.7. The fourth-order valence-corrected chi connectivity index (χ4v) is 3.29. The first kappa shape index (κ1) is 22.8. The molecule has 0 spiro atoms. The lowest BCUT2D eigenvalue weighted by molar-refractivity contribution is -0.132. The van der Waals surface area contributed by atoms with E-state index in [1.54, 1.807) is 31.2 Å². The number of aromatic nitrogens is 2. The SMILES string of the molecule is Cc1cccc(-c2cnc(N/C(=C\c3ccco3)C(=O)O)c(Cc3c(F)cccc3F)n2)c1F. The Morgan fingerprint density at radius 2 is 1.82 bits per heavy atom. The summed E-state index contributed by atoms with van der Waals surface area (Å²) in [6.45, 7) is 1.59. The van der Waals surface area contributed by atoms with Gasteiger partial charge in [-0.3, -0.25) is 0 Å². The molecule has 34 heavy (non-hydrogen) atoms. The number of anilines is 1. The number of hydrogen-bond acceptors (Lipinski definition) is 5. The van der Waals surface area contributed by atoms with Crippen LogP contribution in [0.2, 0.25) is 0 Å². The average molecular weight is 465 g/mol. The number of carboxylic acid groups (broad SMARTS) is 1. The minimum absolute atomic E-state index is 0.0222. The van der Waals surface area contributed by atoms with Gasteiger partial charge in [0.25, 0.3) is 0 Å². The molecule has 0 unspecified atom stereocenters. The predicted octanol–water partition coefficient (Wildman–Crippen LogP) is 5.59. The van der Waals surface area contributed by atoms with E-state index in [4.69, 9.17) is 4.42 Å². The number of nitrogens with one attached hydrogen (secondary N) is 1. The zero-order valence-corrected chi connectivity index (χ0v) is 17.8. The van der Waals surface area contributed by atoms with Crippen molar-refractivity contribution in [3.05, 3.63) is 107 Å².